The second-order valence-corrected chi connectivity index (χ2v) is 5.44. The average Bonchev–Trinajstić information content (AvgIpc) is 2.79. The third-order valence-electron chi connectivity index (χ3n) is 3.78. The standard InChI is InChI=1S/C14H23N3O2/c1-6-7-10(3)17-11(4)12(19-14(17)18)13-15-9(2)8-16(13)5/h8,10-12H,6-7H2,1-5H3/t10?,11-,12-/m0/s1. The van der Waals surface area contributed by atoms with E-state index in [1.807, 2.05) is 36.6 Å². The second-order valence-electron chi connectivity index (χ2n) is 5.44. The van der Waals surface area contributed by atoms with Crippen molar-refractivity contribution in [1.82, 2.24) is 14.5 Å². The molecule has 1 saturated heterocycles. The van der Waals surface area contributed by atoms with Gasteiger partial charge in [0.2, 0.25) is 0 Å². The Kier molecular flexibility index (Phi) is 3.83. The molecule has 0 spiro atoms. The first kappa shape index (κ1) is 13.9. The average molecular weight is 265 g/mol. The number of ether oxygens (including phenoxy) is 1. The highest BCUT2D eigenvalue weighted by atomic mass is 16.6. The summed E-state index contributed by atoms with van der Waals surface area (Å²) in [5.41, 5.74) is 0.945. The zero-order chi connectivity index (χ0) is 14.2. The van der Waals surface area contributed by atoms with E-state index in [0.29, 0.717) is 0 Å². The lowest BCUT2D eigenvalue weighted by Crippen LogP contribution is -2.39. The van der Waals surface area contributed by atoms with Crippen LogP contribution in [0.4, 0.5) is 4.79 Å². The molecule has 0 radical (unpaired) electrons. The van der Waals surface area contributed by atoms with Crippen LogP contribution in [0.15, 0.2) is 6.20 Å². The maximum Gasteiger partial charge on any atom is 0.411 e. The topological polar surface area (TPSA) is 47.4 Å². The first-order valence-corrected chi connectivity index (χ1v) is 6.94. The van der Waals surface area contributed by atoms with Crippen LogP contribution < -0.4 is 0 Å². The van der Waals surface area contributed by atoms with Gasteiger partial charge in [0.05, 0.1) is 11.7 Å². The highest BCUT2D eigenvalue weighted by molar-refractivity contribution is 5.71. The van der Waals surface area contributed by atoms with Gasteiger partial charge in [0, 0.05) is 19.3 Å². The van der Waals surface area contributed by atoms with E-state index in [2.05, 4.69) is 18.8 Å². The molecular formula is C14H23N3O2. The molecule has 0 bridgehead atoms. The summed E-state index contributed by atoms with van der Waals surface area (Å²) in [6.07, 6.45) is 3.51. The summed E-state index contributed by atoms with van der Waals surface area (Å²) in [5, 5.41) is 0. The number of carbonyl (C=O) groups excluding carboxylic acids is 1. The molecule has 5 nitrogen and oxygen atoms in total. The van der Waals surface area contributed by atoms with Crippen LogP contribution in [-0.4, -0.2) is 32.6 Å². The molecule has 0 saturated carbocycles. The highest BCUT2D eigenvalue weighted by Crippen LogP contribution is 2.33. The number of carbonyl (C=O) groups is 1. The van der Waals surface area contributed by atoms with Gasteiger partial charge in [-0.1, -0.05) is 13.3 Å². The number of cyclic esters (lactones) is 1. The number of aromatic nitrogens is 2. The molecular weight excluding hydrogens is 242 g/mol. The number of hydrogen-bond acceptors (Lipinski definition) is 3. The molecule has 2 heterocycles. The third kappa shape index (κ3) is 2.46. The van der Waals surface area contributed by atoms with Crippen molar-refractivity contribution in [2.24, 2.45) is 7.05 Å². The molecule has 1 aromatic rings. The van der Waals surface area contributed by atoms with Crippen LogP contribution in [0.2, 0.25) is 0 Å². The van der Waals surface area contributed by atoms with Crippen molar-refractivity contribution in [3.8, 4) is 0 Å². The predicted octanol–water partition coefficient (Wildman–Crippen LogP) is 2.80. The largest absolute Gasteiger partial charge is 0.436 e. The Balaban J connectivity index is 2.22. The first-order chi connectivity index (χ1) is 8.95. The molecule has 1 aliphatic rings. The summed E-state index contributed by atoms with van der Waals surface area (Å²) in [6.45, 7) is 8.18. The van der Waals surface area contributed by atoms with Crippen molar-refractivity contribution in [2.75, 3.05) is 0 Å². The maximum atomic E-state index is 12.1. The Morgan fingerprint density at radius 1 is 1.53 bits per heavy atom. The molecule has 0 aromatic carbocycles. The molecule has 1 fully saturated rings. The van der Waals surface area contributed by atoms with Crippen LogP contribution >= 0.6 is 0 Å². The minimum absolute atomic E-state index is 0.0227. The Bertz CT molecular complexity index is 469. The summed E-state index contributed by atoms with van der Waals surface area (Å²) < 4.78 is 7.48. The fourth-order valence-corrected chi connectivity index (χ4v) is 2.89. The Morgan fingerprint density at radius 2 is 2.21 bits per heavy atom. The van der Waals surface area contributed by atoms with Crippen LogP contribution in [0.3, 0.4) is 0 Å². The number of rotatable bonds is 4. The molecule has 19 heavy (non-hydrogen) atoms. The van der Waals surface area contributed by atoms with Crippen LogP contribution in [0.1, 0.15) is 51.2 Å². The van der Waals surface area contributed by atoms with Gasteiger partial charge in [0.1, 0.15) is 0 Å². The zero-order valence-corrected chi connectivity index (χ0v) is 12.4. The van der Waals surface area contributed by atoms with E-state index < -0.39 is 0 Å². The lowest BCUT2D eigenvalue weighted by atomic mass is 10.1. The van der Waals surface area contributed by atoms with Gasteiger partial charge in [-0.3, -0.25) is 4.90 Å². The van der Waals surface area contributed by atoms with Crippen molar-refractivity contribution in [2.45, 2.75) is 58.7 Å². The van der Waals surface area contributed by atoms with E-state index in [-0.39, 0.29) is 24.3 Å². The van der Waals surface area contributed by atoms with Crippen LogP contribution in [0, 0.1) is 6.92 Å². The summed E-state index contributed by atoms with van der Waals surface area (Å²) in [6, 6.07) is 0.230. The smallest absolute Gasteiger partial charge is 0.411 e. The quantitative estimate of drug-likeness (QED) is 0.841. The monoisotopic (exact) mass is 265 g/mol. The Hall–Kier alpha value is -1.52. The van der Waals surface area contributed by atoms with Gasteiger partial charge >= 0.3 is 6.09 Å². The molecule has 1 aromatic heterocycles. The lowest BCUT2D eigenvalue weighted by molar-refractivity contribution is 0.123. The number of amides is 1. The van der Waals surface area contributed by atoms with Crippen LogP contribution in [0.5, 0.6) is 0 Å². The van der Waals surface area contributed by atoms with Crippen LogP contribution in [-0.2, 0) is 11.8 Å². The molecule has 106 valence electrons. The maximum absolute atomic E-state index is 12.1. The molecule has 1 aliphatic heterocycles. The first-order valence-electron chi connectivity index (χ1n) is 6.94. The summed E-state index contributed by atoms with van der Waals surface area (Å²) in [4.78, 5) is 18.4. The predicted molar refractivity (Wildman–Crippen MR) is 72.8 cm³/mol. The number of nitrogens with zero attached hydrogens (tertiary/aromatic N) is 3. The fraction of sp³-hybridized carbons (Fsp3) is 0.714. The SMILES string of the molecule is CCCC(C)N1C(=O)O[C@H](c2nc(C)cn2C)[C@@H]1C. The fourth-order valence-electron chi connectivity index (χ4n) is 2.89. The van der Waals surface area contributed by atoms with Gasteiger partial charge in [-0.2, -0.15) is 0 Å². The lowest BCUT2D eigenvalue weighted by Gasteiger charge is -2.26. The summed E-state index contributed by atoms with van der Waals surface area (Å²) >= 11 is 0. The molecule has 1 amide bonds. The van der Waals surface area contributed by atoms with Gasteiger partial charge in [-0.15, -0.1) is 0 Å². The van der Waals surface area contributed by atoms with Gasteiger partial charge in [-0.05, 0) is 27.2 Å². The molecule has 2 rings (SSSR count). The molecule has 0 N–H and O–H groups in total. The third-order valence-corrected chi connectivity index (χ3v) is 3.78. The zero-order valence-electron chi connectivity index (χ0n) is 12.4. The molecule has 5 heteroatoms. The normalized spacial score (nSPS) is 24.7. The van der Waals surface area contributed by atoms with E-state index in [0.717, 1.165) is 24.4 Å². The van der Waals surface area contributed by atoms with Gasteiger partial charge in [-0.25, -0.2) is 9.78 Å². The minimum atomic E-state index is -0.273. The van der Waals surface area contributed by atoms with Gasteiger partial charge in [0.25, 0.3) is 0 Å². The van der Waals surface area contributed by atoms with Crippen molar-refractivity contribution >= 4 is 6.09 Å². The Morgan fingerprint density at radius 3 is 2.74 bits per heavy atom. The van der Waals surface area contributed by atoms with E-state index >= 15 is 0 Å². The van der Waals surface area contributed by atoms with Gasteiger partial charge in [0.15, 0.2) is 11.9 Å². The van der Waals surface area contributed by atoms with Crippen molar-refractivity contribution in [3.05, 3.63) is 17.7 Å². The van der Waals surface area contributed by atoms with Crippen molar-refractivity contribution in [3.63, 3.8) is 0 Å². The van der Waals surface area contributed by atoms with Crippen LogP contribution in [0.25, 0.3) is 0 Å². The van der Waals surface area contributed by atoms with Gasteiger partial charge < -0.3 is 9.30 Å². The molecule has 1 unspecified atom stereocenters. The van der Waals surface area contributed by atoms with E-state index in [1.165, 1.54) is 0 Å². The number of hydrogen-bond donors (Lipinski definition) is 0. The summed E-state index contributed by atoms with van der Waals surface area (Å²) in [7, 11) is 1.94. The Labute approximate surface area is 114 Å². The molecule has 0 aliphatic carbocycles. The summed E-state index contributed by atoms with van der Waals surface area (Å²) in [5.74, 6) is 0.824. The molecule has 3 atom stereocenters. The number of imidazole rings is 1. The second kappa shape index (κ2) is 5.23. The van der Waals surface area contributed by atoms with E-state index in [4.69, 9.17) is 4.74 Å². The number of aryl methyl sites for hydroxylation is 2. The highest BCUT2D eigenvalue weighted by Gasteiger charge is 2.43. The van der Waals surface area contributed by atoms with E-state index in [1.54, 1.807) is 0 Å². The van der Waals surface area contributed by atoms with E-state index in [9.17, 15) is 4.79 Å². The minimum Gasteiger partial charge on any atom is -0.436 e. The van der Waals surface area contributed by atoms with Crippen molar-refractivity contribution in [1.29, 1.82) is 0 Å². The van der Waals surface area contributed by atoms with Crippen molar-refractivity contribution < 1.29 is 9.53 Å².